The SMILES string of the molecule is Cc1ccc(F)cc1NC(=O)CSc1nc(N)cc(=O)[nH]1. The summed E-state index contributed by atoms with van der Waals surface area (Å²) in [5.74, 6) is -0.658. The Bertz CT molecular complexity index is 732. The fraction of sp³-hybridized carbons (Fsp3) is 0.154. The molecular weight excluding hydrogens is 295 g/mol. The van der Waals surface area contributed by atoms with Crippen molar-refractivity contribution in [2.45, 2.75) is 12.1 Å². The number of halogens is 1. The number of carbonyl (C=O) groups excluding carboxylic acids is 1. The fourth-order valence-electron chi connectivity index (χ4n) is 1.57. The number of nitrogens with zero attached hydrogens (tertiary/aromatic N) is 1. The summed E-state index contributed by atoms with van der Waals surface area (Å²) in [6.07, 6.45) is 0. The van der Waals surface area contributed by atoms with Gasteiger partial charge in [-0.1, -0.05) is 17.8 Å². The van der Waals surface area contributed by atoms with Gasteiger partial charge in [0.05, 0.1) is 5.75 Å². The topological polar surface area (TPSA) is 101 Å². The van der Waals surface area contributed by atoms with E-state index in [1.807, 2.05) is 0 Å². The smallest absolute Gasteiger partial charge is 0.253 e. The van der Waals surface area contributed by atoms with Gasteiger partial charge in [0.15, 0.2) is 5.16 Å². The molecule has 0 radical (unpaired) electrons. The fourth-order valence-corrected chi connectivity index (χ4v) is 2.25. The van der Waals surface area contributed by atoms with Gasteiger partial charge in [0.2, 0.25) is 5.91 Å². The van der Waals surface area contributed by atoms with Crippen LogP contribution in [0, 0.1) is 12.7 Å². The van der Waals surface area contributed by atoms with Crippen molar-refractivity contribution >= 4 is 29.2 Å². The van der Waals surface area contributed by atoms with Crippen molar-refractivity contribution < 1.29 is 9.18 Å². The molecule has 0 saturated heterocycles. The molecule has 2 aromatic rings. The molecule has 2 rings (SSSR count). The second-order valence-corrected chi connectivity index (χ2v) is 5.24. The summed E-state index contributed by atoms with van der Waals surface area (Å²) < 4.78 is 13.1. The molecule has 110 valence electrons. The summed E-state index contributed by atoms with van der Waals surface area (Å²) in [7, 11) is 0. The van der Waals surface area contributed by atoms with Crippen LogP contribution in [-0.4, -0.2) is 21.6 Å². The maximum atomic E-state index is 13.1. The summed E-state index contributed by atoms with van der Waals surface area (Å²) in [6.45, 7) is 1.76. The van der Waals surface area contributed by atoms with Crippen LogP contribution < -0.4 is 16.6 Å². The van der Waals surface area contributed by atoms with Crippen molar-refractivity contribution in [1.82, 2.24) is 9.97 Å². The Hall–Kier alpha value is -2.35. The van der Waals surface area contributed by atoms with Gasteiger partial charge in [-0.15, -0.1) is 0 Å². The van der Waals surface area contributed by atoms with Gasteiger partial charge in [0.25, 0.3) is 5.56 Å². The van der Waals surface area contributed by atoms with Gasteiger partial charge in [-0.05, 0) is 24.6 Å². The van der Waals surface area contributed by atoms with E-state index in [0.717, 1.165) is 23.4 Å². The van der Waals surface area contributed by atoms with E-state index in [1.54, 1.807) is 13.0 Å². The Labute approximate surface area is 124 Å². The number of nitrogens with one attached hydrogen (secondary N) is 2. The first-order chi connectivity index (χ1) is 9.94. The zero-order chi connectivity index (χ0) is 15.4. The highest BCUT2D eigenvalue weighted by Crippen LogP contribution is 2.17. The van der Waals surface area contributed by atoms with Crippen molar-refractivity contribution in [1.29, 1.82) is 0 Å². The van der Waals surface area contributed by atoms with Crippen LogP contribution in [0.3, 0.4) is 0 Å². The molecule has 0 atom stereocenters. The van der Waals surface area contributed by atoms with E-state index >= 15 is 0 Å². The minimum atomic E-state index is -0.426. The predicted octanol–water partition coefficient (Wildman–Crippen LogP) is 1.53. The molecule has 0 saturated carbocycles. The molecule has 0 unspecified atom stereocenters. The van der Waals surface area contributed by atoms with Crippen molar-refractivity contribution in [3.8, 4) is 0 Å². The molecule has 1 aromatic heterocycles. The molecule has 0 bridgehead atoms. The molecule has 4 N–H and O–H groups in total. The quantitative estimate of drug-likeness (QED) is 0.587. The zero-order valence-corrected chi connectivity index (χ0v) is 12.0. The lowest BCUT2D eigenvalue weighted by molar-refractivity contribution is -0.113. The van der Waals surface area contributed by atoms with Gasteiger partial charge in [0.1, 0.15) is 11.6 Å². The van der Waals surface area contributed by atoms with E-state index in [0.29, 0.717) is 5.69 Å². The van der Waals surface area contributed by atoms with Crippen LogP contribution in [0.4, 0.5) is 15.9 Å². The Balaban J connectivity index is 1.99. The highest BCUT2D eigenvalue weighted by atomic mass is 32.2. The van der Waals surface area contributed by atoms with Crippen molar-refractivity contribution in [3.63, 3.8) is 0 Å². The maximum absolute atomic E-state index is 13.1. The second-order valence-electron chi connectivity index (χ2n) is 4.27. The van der Waals surface area contributed by atoms with Gasteiger partial charge >= 0.3 is 0 Å². The van der Waals surface area contributed by atoms with Gasteiger partial charge in [-0.3, -0.25) is 9.59 Å². The number of amides is 1. The van der Waals surface area contributed by atoms with Crippen LogP contribution in [0.15, 0.2) is 34.2 Å². The average molecular weight is 308 g/mol. The van der Waals surface area contributed by atoms with Crippen LogP contribution in [-0.2, 0) is 4.79 Å². The minimum Gasteiger partial charge on any atom is -0.383 e. The van der Waals surface area contributed by atoms with Crippen LogP contribution in [0.2, 0.25) is 0 Å². The summed E-state index contributed by atoms with van der Waals surface area (Å²) >= 11 is 1.03. The molecule has 0 aliphatic heterocycles. The molecule has 21 heavy (non-hydrogen) atoms. The second kappa shape index (κ2) is 6.40. The summed E-state index contributed by atoms with van der Waals surface area (Å²) in [5.41, 5.74) is 6.22. The number of benzene rings is 1. The maximum Gasteiger partial charge on any atom is 0.253 e. The zero-order valence-electron chi connectivity index (χ0n) is 11.1. The number of hydrogen-bond donors (Lipinski definition) is 3. The third kappa shape index (κ3) is 4.32. The van der Waals surface area contributed by atoms with Gasteiger partial charge < -0.3 is 16.0 Å². The number of aromatic nitrogens is 2. The Morgan fingerprint density at radius 3 is 2.95 bits per heavy atom. The van der Waals surface area contributed by atoms with Gasteiger partial charge in [-0.25, -0.2) is 9.37 Å². The van der Waals surface area contributed by atoms with Crippen LogP contribution in [0.5, 0.6) is 0 Å². The lowest BCUT2D eigenvalue weighted by Crippen LogP contribution is -2.16. The number of anilines is 2. The summed E-state index contributed by atoms with van der Waals surface area (Å²) in [4.78, 5) is 29.4. The first kappa shape index (κ1) is 15.0. The van der Waals surface area contributed by atoms with E-state index in [9.17, 15) is 14.0 Å². The lowest BCUT2D eigenvalue weighted by atomic mass is 10.2. The summed E-state index contributed by atoms with van der Waals surface area (Å²) in [6, 6.07) is 5.30. The number of aromatic amines is 1. The van der Waals surface area contributed by atoms with Crippen molar-refractivity contribution in [3.05, 3.63) is 46.0 Å². The molecule has 0 aliphatic rings. The largest absolute Gasteiger partial charge is 0.383 e. The number of hydrogen-bond acceptors (Lipinski definition) is 5. The monoisotopic (exact) mass is 308 g/mol. The minimum absolute atomic E-state index is 0.0162. The Morgan fingerprint density at radius 2 is 2.24 bits per heavy atom. The van der Waals surface area contributed by atoms with E-state index in [1.165, 1.54) is 12.1 Å². The molecule has 1 aromatic carbocycles. The molecule has 0 spiro atoms. The van der Waals surface area contributed by atoms with Gasteiger partial charge in [-0.2, -0.15) is 0 Å². The molecular formula is C13H13FN4O2S. The number of nitrogen functional groups attached to an aromatic ring is 1. The number of rotatable bonds is 4. The number of thioether (sulfide) groups is 1. The lowest BCUT2D eigenvalue weighted by Gasteiger charge is -2.08. The first-order valence-electron chi connectivity index (χ1n) is 5.99. The van der Waals surface area contributed by atoms with Gasteiger partial charge in [0, 0.05) is 11.8 Å². The molecule has 1 amide bonds. The molecule has 0 fully saturated rings. The van der Waals surface area contributed by atoms with Crippen LogP contribution in [0.25, 0.3) is 0 Å². The van der Waals surface area contributed by atoms with Crippen molar-refractivity contribution in [2.24, 2.45) is 0 Å². The Kier molecular flexibility index (Phi) is 4.59. The molecule has 6 nitrogen and oxygen atoms in total. The van der Waals surface area contributed by atoms with E-state index in [4.69, 9.17) is 5.73 Å². The Morgan fingerprint density at radius 1 is 1.48 bits per heavy atom. The van der Waals surface area contributed by atoms with E-state index in [-0.39, 0.29) is 28.2 Å². The third-order valence-electron chi connectivity index (χ3n) is 2.55. The molecule has 8 heteroatoms. The number of nitrogens with two attached hydrogens (primary N) is 1. The number of carbonyl (C=O) groups is 1. The normalized spacial score (nSPS) is 10.4. The third-order valence-corrected chi connectivity index (χ3v) is 3.43. The highest BCUT2D eigenvalue weighted by Gasteiger charge is 2.08. The predicted molar refractivity (Wildman–Crippen MR) is 79.8 cm³/mol. The first-order valence-corrected chi connectivity index (χ1v) is 6.98. The molecule has 0 aliphatic carbocycles. The van der Waals surface area contributed by atoms with E-state index in [2.05, 4.69) is 15.3 Å². The standard InChI is InChI=1S/C13H13FN4O2S/c1-7-2-3-8(14)4-9(7)16-12(20)6-21-13-17-10(15)5-11(19)18-13/h2-5H,6H2,1H3,(H,16,20)(H3,15,17,18,19). The van der Waals surface area contributed by atoms with E-state index < -0.39 is 5.82 Å². The van der Waals surface area contributed by atoms with Crippen molar-refractivity contribution in [2.75, 3.05) is 16.8 Å². The highest BCUT2D eigenvalue weighted by molar-refractivity contribution is 7.99. The van der Waals surface area contributed by atoms with Crippen LogP contribution >= 0.6 is 11.8 Å². The summed E-state index contributed by atoms with van der Waals surface area (Å²) in [5, 5.41) is 2.86. The molecule has 1 heterocycles. The number of H-pyrrole nitrogens is 1. The number of aryl methyl sites for hydroxylation is 1. The van der Waals surface area contributed by atoms with Crippen LogP contribution in [0.1, 0.15) is 5.56 Å². The average Bonchev–Trinajstić information content (AvgIpc) is 2.40.